The molecule has 0 saturated heterocycles. The molecule has 9 heteroatoms. The maximum absolute atomic E-state index is 12.4. The van der Waals surface area contributed by atoms with Crippen molar-refractivity contribution in [3.63, 3.8) is 0 Å². The molecule has 2 rings (SSSR count). The Morgan fingerprint density at radius 2 is 1.85 bits per heavy atom. The molecule has 0 unspecified atom stereocenters. The number of hydrogen-bond acceptors (Lipinski definition) is 5. The van der Waals surface area contributed by atoms with E-state index in [2.05, 4.69) is 10.6 Å². The average molecular weight is 378 g/mol. The molecule has 26 heavy (non-hydrogen) atoms. The number of benzene rings is 2. The van der Waals surface area contributed by atoms with Crippen molar-refractivity contribution < 1.29 is 19.2 Å². The molecule has 8 nitrogen and oxygen atoms in total. The quantitative estimate of drug-likeness (QED) is 0.593. The van der Waals surface area contributed by atoms with Crippen LogP contribution in [0.15, 0.2) is 36.4 Å². The Kier molecular flexibility index (Phi) is 6.13. The minimum absolute atomic E-state index is 0.0524. The van der Waals surface area contributed by atoms with E-state index >= 15 is 0 Å². The second-order valence-corrected chi connectivity index (χ2v) is 5.61. The number of ether oxygens (including phenoxy) is 1. The van der Waals surface area contributed by atoms with Crippen molar-refractivity contribution in [2.24, 2.45) is 0 Å². The van der Waals surface area contributed by atoms with E-state index < -0.39 is 16.9 Å². The van der Waals surface area contributed by atoms with Gasteiger partial charge >= 0.3 is 6.09 Å². The van der Waals surface area contributed by atoms with Gasteiger partial charge in [-0.05, 0) is 43.7 Å². The first kappa shape index (κ1) is 19.2. The van der Waals surface area contributed by atoms with Crippen molar-refractivity contribution in [3.05, 3.63) is 62.7 Å². The highest BCUT2D eigenvalue weighted by Gasteiger charge is 2.17. The number of amides is 2. The Morgan fingerprint density at radius 1 is 1.19 bits per heavy atom. The van der Waals surface area contributed by atoms with Gasteiger partial charge in [0.05, 0.1) is 11.5 Å². The molecule has 0 aromatic heterocycles. The summed E-state index contributed by atoms with van der Waals surface area (Å²) in [5.74, 6) is -0.541. The Labute approximate surface area is 154 Å². The fourth-order valence-corrected chi connectivity index (χ4v) is 2.36. The Morgan fingerprint density at radius 3 is 2.46 bits per heavy atom. The van der Waals surface area contributed by atoms with Crippen LogP contribution in [0.1, 0.15) is 22.8 Å². The second kappa shape index (κ2) is 8.30. The Bertz CT molecular complexity index is 869. The first-order valence-corrected chi connectivity index (χ1v) is 8.00. The first-order valence-electron chi connectivity index (χ1n) is 7.62. The molecule has 2 aromatic carbocycles. The molecule has 136 valence electrons. The van der Waals surface area contributed by atoms with Gasteiger partial charge in [-0.15, -0.1) is 0 Å². The SMILES string of the molecule is CCOC(=O)Nc1cccc(NC(=O)c2ccc(Cl)c([N+](=O)[O-])c2)c1C. The van der Waals surface area contributed by atoms with Crippen LogP contribution < -0.4 is 10.6 Å². The summed E-state index contributed by atoms with van der Waals surface area (Å²) in [6.45, 7) is 3.63. The van der Waals surface area contributed by atoms with Crippen molar-refractivity contribution in [2.75, 3.05) is 17.2 Å². The van der Waals surface area contributed by atoms with E-state index in [1.807, 2.05) is 0 Å². The molecule has 2 aromatic rings. The third kappa shape index (κ3) is 4.48. The third-order valence-electron chi connectivity index (χ3n) is 3.50. The lowest BCUT2D eigenvalue weighted by molar-refractivity contribution is -0.384. The molecule has 0 heterocycles. The van der Waals surface area contributed by atoms with Crippen LogP contribution in [0.3, 0.4) is 0 Å². The highest BCUT2D eigenvalue weighted by atomic mass is 35.5. The zero-order valence-electron chi connectivity index (χ0n) is 14.0. The van der Waals surface area contributed by atoms with Crippen LogP contribution in [0.4, 0.5) is 21.9 Å². The number of carbonyl (C=O) groups excluding carboxylic acids is 2. The molecular weight excluding hydrogens is 362 g/mol. The van der Waals surface area contributed by atoms with Gasteiger partial charge in [0.2, 0.25) is 0 Å². The number of nitrogens with zero attached hydrogens (tertiary/aromatic N) is 1. The van der Waals surface area contributed by atoms with Crippen LogP contribution in [0.5, 0.6) is 0 Å². The molecule has 0 spiro atoms. The molecule has 0 saturated carbocycles. The lowest BCUT2D eigenvalue weighted by Gasteiger charge is -2.13. The largest absolute Gasteiger partial charge is 0.450 e. The van der Waals surface area contributed by atoms with Crippen molar-refractivity contribution >= 4 is 40.7 Å². The van der Waals surface area contributed by atoms with E-state index in [1.165, 1.54) is 12.1 Å². The number of halogens is 1. The highest BCUT2D eigenvalue weighted by molar-refractivity contribution is 6.32. The van der Waals surface area contributed by atoms with Crippen LogP contribution >= 0.6 is 11.6 Å². The Balaban J connectivity index is 2.23. The summed E-state index contributed by atoms with van der Waals surface area (Å²) in [5.41, 5.74) is 1.26. The maximum atomic E-state index is 12.4. The molecule has 2 N–H and O–H groups in total. The summed E-state index contributed by atoms with van der Waals surface area (Å²) in [7, 11) is 0. The van der Waals surface area contributed by atoms with Crippen molar-refractivity contribution in [1.29, 1.82) is 0 Å². The van der Waals surface area contributed by atoms with Crippen molar-refractivity contribution in [3.8, 4) is 0 Å². The van der Waals surface area contributed by atoms with E-state index in [0.717, 1.165) is 6.07 Å². The Hall–Kier alpha value is -3.13. The minimum atomic E-state index is -0.658. The predicted molar refractivity (Wildman–Crippen MR) is 97.9 cm³/mol. The number of carbonyl (C=O) groups is 2. The predicted octanol–water partition coefficient (Wildman–Crippen LogP) is 4.38. The zero-order chi connectivity index (χ0) is 19.3. The van der Waals surface area contributed by atoms with Gasteiger partial charge in [-0.25, -0.2) is 4.79 Å². The summed E-state index contributed by atoms with van der Waals surface area (Å²) < 4.78 is 4.82. The summed E-state index contributed by atoms with van der Waals surface area (Å²) >= 11 is 5.75. The van der Waals surface area contributed by atoms with Gasteiger partial charge in [-0.3, -0.25) is 20.2 Å². The van der Waals surface area contributed by atoms with Crippen LogP contribution in [0.2, 0.25) is 5.02 Å². The molecule has 0 fully saturated rings. The average Bonchev–Trinajstić information content (AvgIpc) is 2.58. The smallest absolute Gasteiger partial charge is 0.411 e. The number of nitrogens with one attached hydrogen (secondary N) is 2. The fourth-order valence-electron chi connectivity index (χ4n) is 2.17. The van der Waals surface area contributed by atoms with Gasteiger partial charge in [0.1, 0.15) is 5.02 Å². The molecule has 0 atom stereocenters. The number of nitro groups is 1. The van der Waals surface area contributed by atoms with Crippen LogP contribution in [-0.2, 0) is 4.74 Å². The molecular formula is C17H16ClN3O5. The molecule has 0 bridgehead atoms. The van der Waals surface area contributed by atoms with Crippen LogP contribution in [0, 0.1) is 17.0 Å². The maximum Gasteiger partial charge on any atom is 0.411 e. The number of nitro benzene ring substituents is 1. The lowest BCUT2D eigenvalue weighted by Crippen LogP contribution is -2.16. The molecule has 0 aliphatic carbocycles. The fraction of sp³-hybridized carbons (Fsp3) is 0.176. The summed E-state index contributed by atoms with van der Waals surface area (Å²) in [5, 5.41) is 16.1. The summed E-state index contributed by atoms with van der Waals surface area (Å²) in [6.07, 6.45) is -0.604. The van der Waals surface area contributed by atoms with Gasteiger partial charge in [0, 0.05) is 23.0 Å². The number of anilines is 2. The number of hydrogen-bond donors (Lipinski definition) is 2. The standard InChI is InChI=1S/C17H16ClN3O5/c1-3-26-17(23)20-14-6-4-5-13(10(14)2)19-16(22)11-7-8-12(18)15(9-11)21(24)25/h4-9H,3H2,1-2H3,(H,19,22)(H,20,23). The molecule has 0 radical (unpaired) electrons. The first-order chi connectivity index (χ1) is 12.3. The van der Waals surface area contributed by atoms with Gasteiger partial charge in [-0.2, -0.15) is 0 Å². The van der Waals surface area contributed by atoms with E-state index in [1.54, 1.807) is 32.0 Å². The lowest BCUT2D eigenvalue weighted by atomic mass is 10.1. The van der Waals surface area contributed by atoms with Gasteiger partial charge in [0.15, 0.2) is 0 Å². The summed E-state index contributed by atoms with van der Waals surface area (Å²) in [4.78, 5) is 34.2. The summed E-state index contributed by atoms with van der Waals surface area (Å²) in [6, 6.07) is 8.74. The highest BCUT2D eigenvalue weighted by Crippen LogP contribution is 2.27. The monoisotopic (exact) mass is 377 g/mol. The van der Waals surface area contributed by atoms with Gasteiger partial charge < -0.3 is 10.1 Å². The van der Waals surface area contributed by atoms with Crippen molar-refractivity contribution in [1.82, 2.24) is 0 Å². The van der Waals surface area contributed by atoms with E-state index in [0.29, 0.717) is 16.9 Å². The molecule has 0 aliphatic heterocycles. The van der Waals surface area contributed by atoms with Crippen LogP contribution in [-0.4, -0.2) is 23.5 Å². The third-order valence-corrected chi connectivity index (χ3v) is 3.82. The van der Waals surface area contributed by atoms with E-state index in [-0.39, 0.29) is 22.9 Å². The van der Waals surface area contributed by atoms with Gasteiger partial charge in [-0.1, -0.05) is 17.7 Å². The van der Waals surface area contributed by atoms with Crippen LogP contribution in [0.25, 0.3) is 0 Å². The van der Waals surface area contributed by atoms with E-state index in [9.17, 15) is 19.7 Å². The minimum Gasteiger partial charge on any atom is -0.450 e. The molecule has 0 aliphatic rings. The molecule has 2 amide bonds. The normalized spacial score (nSPS) is 10.1. The van der Waals surface area contributed by atoms with Crippen molar-refractivity contribution in [2.45, 2.75) is 13.8 Å². The zero-order valence-corrected chi connectivity index (χ0v) is 14.8. The van der Waals surface area contributed by atoms with E-state index in [4.69, 9.17) is 16.3 Å². The number of rotatable bonds is 5. The topological polar surface area (TPSA) is 111 Å². The van der Waals surface area contributed by atoms with Gasteiger partial charge in [0.25, 0.3) is 11.6 Å². The second-order valence-electron chi connectivity index (χ2n) is 5.20.